The van der Waals surface area contributed by atoms with E-state index in [1.54, 1.807) is 24.3 Å². The number of amides is 1. The van der Waals surface area contributed by atoms with E-state index >= 15 is 0 Å². The fraction of sp³-hybridized carbons (Fsp3) is 0.400. The zero-order chi connectivity index (χ0) is 19.4. The second kappa shape index (κ2) is 8.52. The predicted molar refractivity (Wildman–Crippen MR) is 106 cm³/mol. The molecule has 0 aliphatic heterocycles. The number of carbonyl (C=O) groups is 1. The Bertz CT molecular complexity index is 806. The fourth-order valence-corrected chi connectivity index (χ4v) is 3.60. The Morgan fingerprint density at radius 3 is 2.59 bits per heavy atom. The number of halogens is 1. The average molecular weight is 389 g/mol. The van der Waals surface area contributed by atoms with Crippen LogP contribution in [0.5, 0.6) is 0 Å². The molecule has 0 radical (unpaired) electrons. The lowest BCUT2D eigenvalue weighted by Gasteiger charge is -2.35. The van der Waals surface area contributed by atoms with Crippen LogP contribution < -0.4 is 16.2 Å². The van der Waals surface area contributed by atoms with Gasteiger partial charge < -0.3 is 9.73 Å². The summed E-state index contributed by atoms with van der Waals surface area (Å²) in [6, 6.07) is 9.42. The van der Waals surface area contributed by atoms with Gasteiger partial charge in [0.1, 0.15) is 11.6 Å². The van der Waals surface area contributed by atoms with Crippen molar-refractivity contribution in [2.75, 3.05) is 0 Å². The Morgan fingerprint density at radius 2 is 1.85 bits per heavy atom. The van der Waals surface area contributed by atoms with Crippen LogP contribution in [0.15, 0.2) is 40.8 Å². The van der Waals surface area contributed by atoms with Gasteiger partial charge >= 0.3 is 5.91 Å². The van der Waals surface area contributed by atoms with Gasteiger partial charge in [-0.2, -0.15) is 0 Å². The molecule has 0 bridgehead atoms. The summed E-state index contributed by atoms with van der Waals surface area (Å²) in [6.07, 6.45) is 3.49. The Balaban J connectivity index is 1.52. The zero-order valence-electron chi connectivity index (χ0n) is 15.4. The van der Waals surface area contributed by atoms with Gasteiger partial charge in [-0.05, 0) is 66.9 Å². The van der Waals surface area contributed by atoms with E-state index in [2.05, 4.69) is 30.0 Å². The number of thiocarbonyl (C=S) groups is 1. The Labute approximate surface area is 163 Å². The summed E-state index contributed by atoms with van der Waals surface area (Å²) < 4.78 is 18.6. The Hall–Kier alpha value is -2.41. The van der Waals surface area contributed by atoms with Crippen molar-refractivity contribution in [3.8, 4) is 11.3 Å². The molecule has 1 aliphatic rings. The van der Waals surface area contributed by atoms with Crippen LogP contribution in [0.1, 0.15) is 43.7 Å². The summed E-state index contributed by atoms with van der Waals surface area (Å²) >= 11 is 5.29. The molecule has 1 fully saturated rings. The predicted octanol–water partition coefficient (Wildman–Crippen LogP) is 4.02. The second-order valence-corrected chi connectivity index (χ2v) is 7.51. The van der Waals surface area contributed by atoms with Crippen LogP contribution in [0, 0.1) is 17.7 Å². The van der Waals surface area contributed by atoms with E-state index in [-0.39, 0.29) is 11.6 Å². The summed E-state index contributed by atoms with van der Waals surface area (Å²) in [5.74, 6) is 1.06. The van der Waals surface area contributed by atoms with Crippen molar-refractivity contribution in [3.05, 3.63) is 48.0 Å². The molecule has 1 amide bonds. The molecule has 5 nitrogen and oxygen atoms in total. The van der Waals surface area contributed by atoms with E-state index in [1.807, 2.05) is 0 Å². The molecule has 27 heavy (non-hydrogen) atoms. The third-order valence-electron chi connectivity index (χ3n) is 5.27. The van der Waals surface area contributed by atoms with E-state index in [1.165, 1.54) is 25.0 Å². The highest BCUT2D eigenvalue weighted by Crippen LogP contribution is 2.29. The Morgan fingerprint density at radius 1 is 1.11 bits per heavy atom. The van der Waals surface area contributed by atoms with Crippen LogP contribution >= 0.6 is 12.2 Å². The molecule has 3 N–H and O–H groups in total. The van der Waals surface area contributed by atoms with E-state index < -0.39 is 5.91 Å². The van der Waals surface area contributed by atoms with Gasteiger partial charge in [0, 0.05) is 11.6 Å². The number of hydrogen-bond donors (Lipinski definition) is 3. The first kappa shape index (κ1) is 19.4. The maximum atomic E-state index is 13.0. The van der Waals surface area contributed by atoms with E-state index in [4.69, 9.17) is 16.6 Å². The third kappa shape index (κ3) is 4.86. The molecule has 7 heteroatoms. The van der Waals surface area contributed by atoms with Crippen LogP contribution in [0.25, 0.3) is 11.3 Å². The lowest BCUT2D eigenvalue weighted by molar-refractivity contribution is 0.0916. The van der Waals surface area contributed by atoms with Crippen molar-refractivity contribution in [1.82, 2.24) is 16.2 Å². The van der Waals surface area contributed by atoms with Crippen LogP contribution in [0.2, 0.25) is 0 Å². The largest absolute Gasteiger partial charge is 0.451 e. The van der Waals surface area contributed by atoms with Gasteiger partial charge in [-0.25, -0.2) is 4.39 Å². The summed E-state index contributed by atoms with van der Waals surface area (Å²) in [7, 11) is 0. The maximum Gasteiger partial charge on any atom is 0.305 e. The molecule has 0 spiro atoms. The van der Waals surface area contributed by atoms with Gasteiger partial charge in [-0.3, -0.25) is 15.6 Å². The number of carbonyl (C=O) groups excluding carboxylic acids is 1. The number of hydrogen-bond acceptors (Lipinski definition) is 3. The average Bonchev–Trinajstić information content (AvgIpc) is 3.14. The molecule has 0 unspecified atom stereocenters. The minimum Gasteiger partial charge on any atom is -0.451 e. The molecule has 1 aromatic carbocycles. The highest BCUT2D eigenvalue weighted by atomic mass is 32.1. The summed E-state index contributed by atoms with van der Waals surface area (Å²) in [6.45, 7) is 4.48. The van der Waals surface area contributed by atoms with Crippen LogP contribution in [0.3, 0.4) is 0 Å². The van der Waals surface area contributed by atoms with Gasteiger partial charge in [0.05, 0.1) is 0 Å². The van der Waals surface area contributed by atoms with Gasteiger partial charge in [-0.1, -0.05) is 26.7 Å². The third-order valence-corrected chi connectivity index (χ3v) is 5.49. The van der Waals surface area contributed by atoms with Crippen molar-refractivity contribution >= 4 is 23.2 Å². The molecular weight excluding hydrogens is 365 g/mol. The molecule has 0 saturated heterocycles. The standard InChI is InChI=1S/C20H24FN3O2S/c1-12-4-3-5-16(13(12)2)22-20(27)24-23-19(25)18-11-10-17(26-18)14-6-8-15(21)9-7-14/h6-13,16H,3-5H2,1-2H3,(H,23,25)(H2,22,24,27)/t12-,13+,16+/m0/s1. The molecule has 1 heterocycles. The summed E-state index contributed by atoms with van der Waals surface area (Å²) in [5.41, 5.74) is 5.97. The van der Waals surface area contributed by atoms with E-state index in [9.17, 15) is 9.18 Å². The smallest absolute Gasteiger partial charge is 0.305 e. The topological polar surface area (TPSA) is 66.3 Å². The number of benzene rings is 1. The molecule has 1 saturated carbocycles. The number of rotatable bonds is 3. The molecule has 3 atom stereocenters. The minimum absolute atomic E-state index is 0.143. The lowest BCUT2D eigenvalue weighted by Crippen LogP contribution is -2.52. The molecule has 1 aromatic heterocycles. The summed E-state index contributed by atoms with van der Waals surface area (Å²) in [4.78, 5) is 12.2. The number of hydrazine groups is 1. The second-order valence-electron chi connectivity index (χ2n) is 7.10. The van der Waals surface area contributed by atoms with Gasteiger partial charge in [0.15, 0.2) is 10.9 Å². The van der Waals surface area contributed by atoms with Crippen molar-refractivity contribution < 1.29 is 13.6 Å². The van der Waals surface area contributed by atoms with Crippen LogP contribution in [0.4, 0.5) is 4.39 Å². The van der Waals surface area contributed by atoms with Crippen LogP contribution in [-0.4, -0.2) is 17.1 Å². The van der Waals surface area contributed by atoms with Crippen molar-refractivity contribution in [2.45, 2.75) is 39.2 Å². The molecule has 3 rings (SSSR count). The highest BCUT2D eigenvalue weighted by Gasteiger charge is 2.27. The highest BCUT2D eigenvalue weighted by molar-refractivity contribution is 7.80. The Kier molecular flexibility index (Phi) is 6.11. The monoisotopic (exact) mass is 389 g/mol. The summed E-state index contributed by atoms with van der Waals surface area (Å²) in [5, 5.41) is 3.67. The van der Waals surface area contributed by atoms with E-state index in [0.717, 1.165) is 6.42 Å². The minimum atomic E-state index is -0.433. The molecular formula is C20H24FN3O2S. The number of nitrogens with one attached hydrogen (secondary N) is 3. The van der Waals surface area contributed by atoms with E-state index in [0.29, 0.717) is 34.3 Å². The van der Waals surface area contributed by atoms with Gasteiger partial charge in [0.25, 0.3) is 0 Å². The molecule has 144 valence electrons. The SMILES string of the molecule is C[C@@H]1[C@@H](C)CCC[C@H]1NC(=S)NNC(=O)c1ccc(-c2ccc(F)cc2)o1. The van der Waals surface area contributed by atoms with Crippen molar-refractivity contribution in [3.63, 3.8) is 0 Å². The first-order valence-corrected chi connectivity index (χ1v) is 9.57. The first-order valence-electron chi connectivity index (χ1n) is 9.16. The van der Waals surface area contributed by atoms with Gasteiger partial charge in [-0.15, -0.1) is 0 Å². The molecule has 2 aromatic rings. The lowest BCUT2D eigenvalue weighted by atomic mass is 9.78. The quantitative estimate of drug-likeness (QED) is 0.547. The first-order chi connectivity index (χ1) is 12.9. The van der Waals surface area contributed by atoms with Crippen molar-refractivity contribution in [1.29, 1.82) is 0 Å². The normalized spacial score (nSPS) is 22.1. The van der Waals surface area contributed by atoms with Crippen LogP contribution in [-0.2, 0) is 0 Å². The van der Waals surface area contributed by atoms with Crippen molar-refractivity contribution in [2.24, 2.45) is 11.8 Å². The fourth-order valence-electron chi connectivity index (χ4n) is 3.39. The van der Waals surface area contributed by atoms with Gasteiger partial charge in [0.2, 0.25) is 0 Å². The molecule has 1 aliphatic carbocycles. The number of furan rings is 1. The maximum absolute atomic E-state index is 13.0. The zero-order valence-corrected chi connectivity index (χ0v) is 16.2.